The van der Waals surface area contributed by atoms with Crippen LogP contribution in [0, 0.1) is 6.92 Å². The van der Waals surface area contributed by atoms with Gasteiger partial charge in [-0.3, -0.25) is 9.36 Å². The number of aryl methyl sites for hydroxylation is 1. The van der Waals surface area contributed by atoms with Crippen molar-refractivity contribution in [2.75, 3.05) is 6.54 Å². The number of oxazole rings is 1. The molecule has 2 aromatic heterocycles. The molecule has 28 heavy (non-hydrogen) atoms. The van der Waals surface area contributed by atoms with E-state index in [1.807, 2.05) is 19.1 Å². The number of nitrogens with zero attached hydrogens (tertiary/aromatic N) is 1. The van der Waals surface area contributed by atoms with Gasteiger partial charge < -0.3 is 9.73 Å². The second-order valence-electron chi connectivity index (χ2n) is 7.48. The van der Waals surface area contributed by atoms with Gasteiger partial charge in [0.1, 0.15) is 4.88 Å². The molecule has 0 radical (unpaired) electrons. The van der Waals surface area contributed by atoms with Crippen LogP contribution in [0.3, 0.4) is 0 Å². The van der Waals surface area contributed by atoms with Crippen LogP contribution >= 0.6 is 11.3 Å². The fourth-order valence-electron chi connectivity index (χ4n) is 2.75. The molecule has 1 amide bonds. The van der Waals surface area contributed by atoms with E-state index in [9.17, 15) is 18.0 Å². The van der Waals surface area contributed by atoms with E-state index in [1.165, 1.54) is 10.6 Å². The van der Waals surface area contributed by atoms with E-state index in [2.05, 4.69) is 5.32 Å². The number of carbonyl (C=O) groups is 1. The predicted octanol–water partition coefficient (Wildman–Crippen LogP) is 2.97. The molecule has 7 nitrogen and oxygen atoms in total. The summed E-state index contributed by atoms with van der Waals surface area (Å²) in [7, 11) is -3.64. The Kier molecular flexibility index (Phi) is 5.24. The van der Waals surface area contributed by atoms with E-state index < -0.39 is 26.2 Å². The summed E-state index contributed by atoms with van der Waals surface area (Å²) in [5, 5.41) is 4.29. The number of thiophene rings is 1. The largest absolute Gasteiger partial charge is 0.420 e. The molecule has 150 valence electrons. The number of nitrogens with one attached hydrogen (secondary N) is 1. The van der Waals surface area contributed by atoms with Crippen LogP contribution < -0.4 is 11.1 Å². The average molecular weight is 423 g/mol. The average Bonchev–Trinajstić information content (AvgIpc) is 3.19. The number of amides is 1. The van der Waals surface area contributed by atoms with Crippen molar-refractivity contribution in [3.8, 4) is 0 Å². The quantitative estimate of drug-likeness (QED) is 0.682. The molecule has 0 aliphatic carbocycles. The summed E-state index contributed by atoms with van der Waals surface area (Å²) in [6.45, 7) is 7.08. The Labute approximate surface area is 166 Å². The van der Waals surface area contributed by atoms with Crippen LogP contribution in [0.25, 0.3) is 11.1 Å². The smallest absolute Gasteiger partial charge is 0.408 e. The van der Waals surface area contributed by atoms with E-state index in [-0.39, 0.29) is 22.9 Å². The monoisotopic (exact) mass is 422 g/mol. The van der Waals surface area contributed by atoms with Gasteiger partial charge >= 0.3 is 5.76 Å². The lowest BCUT2D eigenvalue weighted by molar-refractivity contribution is 0.0953. The maximum absolute atomic E-state index is 12.7. The maximum Gasteiger partial charge on any atom is 0.420 e. The topological polar surface area (TPSA) is 98.4 Å². The highest BCUT2D eigenvalue weighted by molar-refractivity contribution is 7.93. The number of carbonyl (C=O) groups excluding carboxylic acids is 1. The lowest BCUT2D eigenvalue weighted by Gasteiger charge is -2.19. The first-order valence-corrected chi connectivity index (χ1v) is 11.1. The van der Waals surface area contributed by atoms with Crippen LogP contribution in [0.4, 0.5) is 0 Å². The Balaban J connectivity index is 1.77. The molecule has 1 aromatic carbocycles. The third-order valence-electron chi connectivity index (χ3n) is 4.37. The number of benzene rings is 1. The zero-order valence-electron chi connectivity index (χ0n) is 16.1. The standard InChI is InChI=1S/C19H22N2O5S2/c1-12-5-6-14-13(11-12)21(18(23)26-14)9-8-20-17(22)16-15(7-10-27-16)28(24,25)19(2,3)4/h5-7,10-11H,8-9H2,1-4H3,(H,20,22). The number of fused-ring (bicyclic) bond motifs is 1. The third-order valence-corrected chi connectivity index (χ3v) is 7.95. The number of hydrogen-bond acceptors (Lipinski definition) is 6. The first-order valence-electron chi connectivity index (χ1n) is 8.72. The van der Waals surface area contributed by atoms with Crippen molar-refractivity contribution in [3.63, 3.8) is 0 Å². The molecule has 0 aliphatic heterocycles. The highest BCUT2D eigenvalue weighted by Crippen LogP contribution is 2.30. The van der Waals surface area contributed by atoms with Gasteiger partial charge in [0.25, 0.3) is 5.91 Å². The fraction of sp³-hybridized carbons (Fsp3) is 0.368. The van der Waals surface area contributed by atoms with Crippen LogP contribution in [0.15, 0.2) is 43.8 Å². The number of hydrogen-bond donors (Lipinski definition) is 1. The zero-order valence-corrected chi connectivity index (χ0v) is 17.7. The van der Waals surface area contributed by atoms with Crippen LogP contribution in [-0.4, -0.2) is 30.2 Å². The van der Waals surface area contributed by atoms with Gasteiger partial charge in [0.15, 0.2) is 15.4 Å². The molecule has 0 unspecified atom stereocenters. The van der Waals surface area contributed by atoms with E-state index in [4.69, 9.17) is 4.42 Å². The van der Waals surface area contributed by atoms with Crippen LogP contribution in [-0.2, 0) is 16.4 Å². The highest BCUT2D eigenvalue weighted by atomic mass is 32.2. The van der Waals surface area contributed by atoms with E-state index in [0.29, 0.717) is 11.1 Å². The molecule has 3 aromatic rings. The van der Waals surface area contributed by atoms with Crippen molar-refractivity contribution in [1.29, 1.82) is 0 Å². The highest BCUT2D eigenvalue weighted by Gasteiger charge is 2.34. The normalized spacial score (nSPS) is 12.4. The Hall–Kier alpha value is -2.39. The molecular weight excluding hydrogens is 400 g/mol. The summed E-state index contributed by atoms with van der Waals surface area (Å²) in [5.41, 5.74) is 2.13. The SMILES string of the molecule is Cc1ccc2oc(=O)n(CCNC(=O)c3sccc3S(=O)(=O)C(C)(C)C)c2c1. The summed E-state index contributed by atoms with van der Waals surface area (Å²) in [6.07, 6.45) is 0. The van der Waals surface area contributed by atoms with Gasteiger partial charge in [-0.1, -0.05) is 6.07 Å². The molecule has 2 heterocycles. The molecule has 0 spiro atoms. The van der Waals surface area contributed by atoms with E-state index in [1.54, 1.807) is 32.2 Å². The van der Waals surface area contributed by atoms with Crippen LogP contribution in [0.1, 0.15) is 36.0 Å². The molecule has 0 bridgehead atoms. The van der Waals surface area contributed by atoms with Crippen LogP contribution in [0.5, 0.6) is 0 Å². The lowest BCUT2D eigenvalue weighted by atomic mass is 10.2. The van der Waals surface area contributed by atoms with E-state index >= 15 is 0 Å². The fourth-order valence-corrected chi connectivity index (χ4v) is 5.26. The van der Waals surface area contributed by atoms with Gasteiger partial charge in [0.2, 0.25) is 0 Å². The molecule has 0 atom stereocenters. The predicted molar refractivity (Wildman–Crippen MR) is 109 cm³/mol. The van der Waals surface area contributed by atoms with Gasteiger partial charge in [0, 0.05) is 13.1 Å². The first-order chi connectivity index (χ1) is 13.0. The van der Waals surface area contributed by atoms with Crippen LogP contribution in [0.2, 0.25) is 0 Å². The van der Waals surface area contributed by atoms with Gasteiger partial charge in [-0.15, -0.1) is 11.3 Å². The zero-order chi connectivity index (χ0) is 20.7. The lowest BCUT2D eigenvalue weighted by Crippen LogP contribution is -2.32. The van der Waals surface area contributed by atoms with Gasteiger partial charge in [-0.25, -0.2) is 13.2 Å². The Morgan fingerprint density at radius 3 is 2.64 bits per heavy atom. The number of sulfone groups is 1. The van der Waals surface area contributed by atoms with Crippen molar-refractivity contribution >= 4 is 38.2 Å². The second kappa shape index (κ2) is 7.21. The van der Waals surface area contributed by atoms with Gasteiger partial charge in [-0.2, -0.15) is 0 Å². The number of aromatic nitrogens is 1. The Bertz CT molecular complexity index is 1190. The molecule has 3 rings (SSSR count). The number of rotatable bonds is 5. The summed E-state index contributed by atoms with van der Waals surface area (Å²) in [6, 6.07) is 6.88. The molecule has 9 heteroatoms. The summed E-state index contributed by atoms with van der Waals surface area (Å²) in [4.78, 5) is 24.8. The van der Waals surface area contributed by atoms with Crippen molar-refractivity contribution in [2.24, 2.45) is 0 Å². The molecule has 0 fully saturated rings. The van der Waals surface area contributed by atoms with Gasteiger partial charge in [-0.05, 0) is 56.8 Å². The summed E-state index contributed by atoms with van der Waals surface area (Å²) >= 11 is 1.08. The van der Waals surface area contributed by atoms with Crippen molar-refractivity contribution in [3.05, 3.63) is 50.6 Å². The second-order valence-corrected chi connectivity index (χ2v) is 11.1. The molecule has 1 N–H and O–H groups in total. The van der Waals surface area contributed by atoms with Gasteiger partial charge in [0.05, 0.1) is 15.2 Å². The van der Waals surface area contributed by atoms with Crippen molar-refractivity contribution in [2.45, 2.75) is 43.9 Å². The minimum Gasteiger partial charge on any atom is -0.408 e. The molecule has 0 saturated heterocycles. The minimum absolute atomic E-state index is 0.0315. The molecular formula is C19H22N2O5S2. The summed E-state index contributed by atoms with van der Waals surface area (Å²) < 4.78 is 31.0. The Morgan fingerprint density at radius 1 is 1.25 bits per heavy atom. The van der Waals surface area contributed by atoms with Crippen molar-refractivity contribution < 1.29 is 17.6 Å². The maximum atomic E-state index is 12.7. The Morgan fingerprint density at radius 2 is 1.96 bits per heavy atom. The van der Waals surface area contributed by atoms with Crippen molar-refractivity contribution in [1.82, 2.24) is 9.88 Å². The molecule has 0 saturated carbocycles. The minimum atomic E-state index is -3.64. The third kappa shape index (κ3) is 3.64. The molecule has 0 aliphatic rings. The summed E-state index contributed by atoms with van der Waals surface area (Å²) in [5.74, 6) is -0.975. The first kappa shape index (κ1) is 20.3. The van der Waals surface area contributed by atoms with E-state index in [0.717, 1.165) is 16.9 Å².